The predicted molar refractivity (Wildman–Crippen MR) is 70.5 cm³/mol. The monoisotopic (exact) mass is 244 g/mol. The van der Waals surface area contributed by atoms with E-state index in [9.17, 15) is 0 Å². The third-order valence-corrected chi connectivity index (χ3v) is 3.17. The third-order valence-electron chi connectivity index (χ3n) is 3.17. The van der Waals surface area contributed by atoms with Crippen molar-refractivity contribution in [2.24, 2.45) is 0 Å². The van der Waals surface area contributed by atoms with Crippen LogP contribution in [0.4, 0.5) is 0 Å². The molecule has 1 unspecified atom stereocenters. The number of fused-ring (bicyclic) bond motifs is 1. The summed E-state index contributed by atoms with van der Waals surface area (Å²) in [6, 6.07) is 10.2. The van der Waals surface area contributed by atoms with Gasteiger partial charge in [-0.25, -0.2) is 0 Å². The molecule has 1 saturated heterocycles. The number of hydrogen-bond donors (Lipinski definition) is 0. The van der Waals surface area contributed by atoms with E-state index < -0.39 is 0 Å². The molecular weight excluding hydrogens is 228 g/mol. The fourth-order valence-corrected chi connectivity index (χ4v) is 2.19. The van der Waals surface area contributed by atoms with Gasteiger partial charge in [0.2, 0.25) is 0 Å². The van der Waals surface area contributed by atoms with Crippen LogP contribution in [0, 0.1) is 6.92 Å². The van der Waals surface area contributed by atoms with Gasteiger partial charge < -0.3 is 14.2 Å². The second-order valence-corrected chi connectivity index (χ2v) is 4.54. The Hall–Kier alpha value is -1.74. The second-order valence-electron chi connectivity index (χ2n) is 4.54. The summed E-state index contributed by atoms with van der Waals surface area (Å²) >= 11 is 0. The highest BCUT2D eigenvalue weighted by Gasteiger charge is 2.23. The van der Waals surface area contributed by atoms with Gasteiger partial charge in [-0.3, -0.25) is 0 Å². The zero-order valence-electron chi connectivity index (χ0n) is 10.6. The molecule has 0 aliphatic carbocycles. The molecule has 1 aliphatic rings. The van der Waals surface area contributed by atoms with Gasteiger partial charge in [-0.05, 0) is 18.6 Å². The van der Waals surface area contributed by atoms with E-state index in [1.165, 1.54) is 0 Å². The maximum Gasteiger partial charge on any atom is 0.129 e. The van der Waals surface area contributed by atoms with E-state index in [0.717, 1.165) is 34.4 Å². The van der Waals surface area contributed by atoms with Crippen molar-refractivity contribution in [3.63, 3.8) is 0 Å². The van der Waals surface area contributed by atoms with E-state index in [-0.39, 0.29) is 6.10 Å². The van der Waals surface area contributed by atoms with Crippen LogP contribution in [0.3, 0.4) is 0 Å². The summed E-state index contributed by atoms with van der Waals surface area (Å²) in [5.41, 5.74) is 1.09. The molecular formula is C15H16O3. The summed E-state index contributed by atoms with van der Waals surface area (Å²) < 4.78 is 16.5. The maximum absolute atomic E-state index is 5.84. The van der Waals surface area contributed by atoms with Crippen LogP contribution in [-0.4, -0.2) is 26.4 Å². The van der Waals surface area contributed by atoms with Crippen LogP contribution < -0.4 is 9.47 Å². The smallest absolute Gasteiger partial charge is 0.129 e. The Labute approximate surface area is 106 Å². The topological polar surface area (TPSA) is 31.0 Å². The Balaban J connectivity index is 2.06. The molecule has 1 heterocycles. The predicted octanol–water partition coefficient (Wildman–Crippen LogP) is 2.93. The summed E-state index contributed by atoms with van der Waals surface area (Å²) in [5.74, 6) is 1.82. The Morgan fingerprint density at radius 1 is 1.28 bits per heavy atom. The molecule has 0 saturated carbocycles. The number of aryl methyl sites for hydroxylation is 1. The maximum atomic E-state index is 5.84. The molecule has 1 atom stereocenters. The van der Waals surface area contributed by atoms with Gasteiger partial charge in [0.25, 0.3) is 0 Å². The van der Waals surface area contributed by atoms with Crippen LogP contribution >= 0.6 is 0 Å². The molecule has 0 amide bonds. The van der Waals surface area contributed by atoms with E-state index in [1.807, 2.05) is 25.1 Å². The number of epoxide rings is 1. The average Bonchev–Trinajstić information content (AvgIpc) is 3.20. The van der Waals surface area contributed by atoms with Crippen molar-refractivity contribution in [2.45, 2.75) is 13.0 Å². The minimum Gasteiger partial charge on any atom is -0.496 e. The highest BCUT2D eigenvalue weighted by atomic mass is 16.6. The molecule has 1 fully saturated rings. The first-order valence-corrected chi connectivity index (χ1v) is 6.10. The fourth-order valence-electron chi connectivity index (χ4n) is 2.19. The molecule has 0 aromatic heterocycles. The molecule has 2 aromatic carbocycles. The zero-order valence-corrected chi connectivity index (χ0v) is 10.6. The Morgan fingerprint density at radius 3 is 2.67 bits per heavy atom. The largest absolute Gasteiger partial charge is 0.496 e. The molecule has 94 valence electrons. The van der Waals surface area contributed by atoms with Crippen LogP contribution in [0.5, 0.6) is 11.5 Å². The van der Waals surface area contributed by atoms with Crippen LogP contribution in [-0.2, 0) is 4.74 Å². The molecule has 2 aromatic rings. The highest BCUT2D eigenvalue weighted by molar-refractivity contribution is 5.94. The minimum atomic E-state index is 0.270. The van der Waals surface area contributed by atoms with Crippen molar-refractivity contribution in [1.29, 1.82) is 0 Å². The molecule has 0 bridgehead atoms. The minimum absolute atomic E-state index is 0.270. The van der Waals surface area contributed by atoms with Gasteiger partial charge in [-0.2, -0.15) is 0 Å². The van der Waals surface area contributed by atoms with Crippen molar-refractivity contribution in [2.75, 3.05) is 20.3 Å². The van der Waals surface area contributed by atoms with Gasteiger partial charge in [0.1, 0.15) is 24.2 Å². The summed E-state index contributed by atoms with van der Waals surface area (Å²) in [7, 11) is 1.70. The fraction of sp³-hybridized carbons (Fsp3) is 0.333. The lowest BCUT2D eigenvalue weighted by Gasteiger charge is -2.14. The number of methoxy groups -OCH3 is 1. The standard InChI is InChI=1S/C15H16O3/c1-10-7-14(18-9-11-8-17-11)12-5-3-4-6-13(12)15(10)16-2/h3-7,11H,8-9H2,1-2H3. The zero-order chi connectivity index (χ0) is 12.5. The van der Waals surface area contributed by atoms with Crippen molar-refractivity contribution >= 4 is 10.8 Å². The van der Waals surface area contributed by atoms with E-state index >= 15 is 0 Å². The normalized spacial score (nSPS) is 17.8. The number of hydrogen-bond acceptors (Lipinski definition) is 3. The van der Waals surface area contributed by atoms with Crippen LogP contribution in [0.2, 0.25) is 0 Å². The Bertz CT molecular complexity index is 573. The SMILES string of the molecule is COc1c(C)cc(OCC2CO2)c2ccccc12. The summed E-state index contributed by atoms with van der Waals surface area (Å²) in [5, 5.41) is 2.17. The van der Waals surface area contributed by atoms with E-state index in [4.69, 9.17) is 14.2 Å². The van der Waals surface area contributed by atoms with E-state index in [1.54, 1.807) is 7.11 Å². The van der Waals surface area contributed by atoms with Crippen LogP contribution in [0.1, 0.15) is 5.56 Å². The quantitative estimate of drug-likeness (QED) is 0.775. The van der Waals surface area contributed by atoms with Gasteiger partial charge in [-0.15, -0.1) is 0 Å². The molecule has 3 nitrogen and oxygen atoms in total. The number of ether oxygens (including phenoxy) is 3. The lowest BCUT2D eigenvalue weighted by Crippen LogP contribution is -2.05. The Morgan fingerprint density at radius 2 is 2.00 bits per heavy atom. The van der Waals surface area contributed by atoms with Gasteiger partial charge in [0.05, 0.1) is 13.7 Å². The Kier molecular flexibility index (Phi) is 2.84. The first kappa shape index (κ1) is 11.4. The number of rotatable bonds is 4. The lowest BCUT2D eigenvalue weighted by atomic mass is 10.0. The van der Waals surface area contributed by atoms with Crippen LogP contribution in [0.25, 0.3) is 10.8 Å². The van der Waals surface area contributed by atoms with Gasteiger partial charge in [0, 0.05) is 10.8 Å². The highest BCUT2D eigenvalue weighted by Crippen LogP contribution is 2.36. The number of benzene rings is 2. The van der Waals surface area contributed by atoms with Crippen molar-refractivity contribution in [1.82, 2.24) is 0 Å². The van der Waals surface area contributed by atoms with Crippen LogP contribution in [0.15, 0.2) is 30.3 Å². The first-order chi connectivity index (χ1) is 8.79. The summed E-state index contributed by atoms with van der Waals surface area (Å²) in [6.45, 7) is 3.47. The van der Waals surface area contributed by atoms with Crippen molar-refractivity contribution in [3.8, 4) is 11.5 Å². The second kappa shape index (κ2) is 4.50. The molecule has 0 radical (unpaired) electrons. The lowest BCUT2D eigenvalue weighted by molar-refractivity contribution is 0.265. The first-order valence-electron chi connectivity index (χ1n) is 6.10. The van der Waals surface area contributed by atoms with E-state index in [2.05, 4.69) is 12.1 Å². The molecule has 3 rings (SSSR count). The average molecular weight is 244 g/mol. The molecule has 18 heavy (non-hydrogen) atoms. The summed E-state index contributed by atoms with van der Waals surface area (Å²) in [4.78, 5) is 0. The third kappa shape index (κ3) is 2.02. The summed E-state index contributed by atoms with van der Waals surface area (Å²) in [6.07, 6.45) is 0.270. The van der Waals surface area contributed by atoms with Crippen molar-refractivity contribution < 1.29 is 14.2 Å². The molecule has 0 N–H and O–H groups in total. The molecule has 0 spiro atoms. The van der Waals surface area contributed by atoms with Gasteiger partial charge in [-0.1, -0.05) is 24.3 Å². The molecule has 3 heteroatoms. The van der Waals surface area contributed by atoms with Crippen molar-refractivity contribution in [3.05, 3.63) is 35.9 Å². The molecule has 1 aliphatic heterocycles. The van der Waals surface area contributed by atoms with Gasteiger partial charge >= 0.3 is 0 Å². The van der Waals surface area contributed by atoms with E-state index in [0.29, 0.717) is 6.61 Å². The van der Waals surface area contributed by atoms with Gasteiger partial charge in [0.15, 0.2) is 0 Å².